The molecule has 4 heterocycles. The number of hydrogen-bond donors (Lipinski definition) is 0. The first-order chi connectivity index (χ1) is 14.9. The molecule has 4 aromatic rings. The fourth-order valence-corrected chi connectivity index (χ4v) is 3.95. The summed E-state index contributed by atoms with van der Waals surface area (Å²) in [5.74, 6) is 0.519. The Balaban J connectivity index is 1.59. The Bertz CT molecular complexity index is 1350. The van der Waals surface area contributed by atoms with Gasteiger partial charge in [-0.3, -0.25) is 18.7 Å². The highest BCUT2D eigenvalue weighted by Gasteiger charge is 2.21. The van der Waals surface area contributed by atoms with Crippen LogP contribution in [-0.4, -0.2) is 46.2 Å². The van der Waals surface area contributed by atoms with Crippen LogP contribution in [0, 0.1) is 0 Å². The van der Waals surface area contributed by atoms with Crippen molar-refractivity contribution < 1.29 is 9.21 Å². The molecule has 0 atom stereocenters. The minimum Gasteiger partial charge on any atom is -0.418 e. The number of hydrogen-bond acceptors (Lipinski definition) is 8. The van der Waals surface area contributed by atoms with Gasteiger partial charge in [0.05, 0.1) is 17.7 Å². The summed E-state index contributed by atoms with van der Waals surface area (Å²) in [6.45, 7) is 2.51. The molecule has 31 heavy (non-hydrogen) atoms. The molecule has 0 saturated heterocycles. The Morgan fingerprint density at radius 2 is 2.03 bits per heavy atom. The smallest absolute Gasteiger partial charge is 0.332 e. The molecule has 4 aromatic heterocycles. The molecular weight excluding hydrogens is 422 g/mol. The van der Waals surface area contributed by atoms with E-state index in [4.69, 9.17) is 4.42 Å². The molecular formula is C19H21N7O4S. The maximum Gasteiger partial charge on any atom is 0.332 e. The summed E-state index contributed by atoms with van der Waals surface area (Å²) in [7, 11) is 2.93. The molecule has 0 N–H and O–H groups in total. The van der Waals surface area contributed by atoms with Crippen LogP contribution in [0.15, 0.2) is 37.8 Å². The van der Waals surface area contributed by atoms with Crippen LogP contribution in [0.3, 0.4) is 0 Å². The molecule has 12 heteroatoms. The van der Waals surface area contributed by atoms with Crippen molar-refractivity contribution in [3.05, 3.63) is 50.6 Å². The van der Waals surface area contributed by atoms with E-state index in [0.717, 1.165) is 15.9 Å². The second kappa shape index (κ2) is 8.30. The highest BCUT2D eigenvalue weighted by Crippen LogP contribution is 2.23. The lowest BCUT2D eigenvalue weighted by atomic mass is 10.3. The van der Waals surface area contributed by atoms with Gasteiger partial charge in [0.2, 0.25) is 11.8 Å². The molecule has 0 bridgehead atoms. The minimum atomic E-state index is -0.497. The van der Waals surface area contributed by atoms with E-state index in [1.165, 1.54) is 40.9 Å². The molecule has 0 fully saturated rings. The third-order valence-electron chi connectivity index (χ3n) is 4.89. The van der Waals surface area contributed by atoms with Crippen molar-refractivity contribution in [2.75, 3.05) is 6.54 Å². The van der Waals surface area contributed by atoms with E-state index in [0.29, 0.717) is 18.3 Å². The standard InChI is InChI=1S/C19H21N7O4S/c1-4-7-25(9-13-21-22-17(30-13)12-6-5-8-31-12)14(27)10-26-11-20-16-15(26)18(28)24(3)19(29)23(16)2/h5-6,8,11H,4,7,9-10H2,1-3H3. The van der Waals surface area contributed by atoms with Crippen LogP contribution in [0.1, 0.15) is 19.2 Å². The number of aromatic nitrogens is 6. The number of aryl methyl sites for hydroxylation is 1. The lowest BCUT2D eigenvalue weighted by Crippen LogP contribution is -2.38. The van der Waals surface area contributed by atoms with E-state index in [1.54, 1.807) is 4.90 Å². The van der Waals surface area contributed by atoms with Gasteiger partial charge in [0.25, 0.3) is 11.4 Å². The zero-order chi connectivity index (χ0) is 22.1. The van der Waals surface area contributed by atoms with E-state index in [1.807, 2.05) is 24.4 Å². The lowest BCUT2D eigenvalue weighted by molar-refractivity contribution is -0.132. The molecule has 0 radical (unpaired) electrons. The molecule has 162 valence electrons. The fraction of sp³-hybridized carbons (Fsp3) is 0.368. The fourth-order valence-electron chi connectivity index (χ4n) is 3.31. The summed E-state index contributed by atoms with van der Waals surface area (Å²) < 4.78 is 9.46. The number of thiophene rings is 1. The summed E-state index contributed by atoms with van der Waals surface area (Å²) >= 11 is 1.49. The monoisotopic (exact) mass is 443 g/mol. The maximum absolute atomic E-state index is 13.0. The summed E-state index contributed by atoms with van der Waals surface area (Å²) in [6.07, 6.45) is 2.13. The molecule has 11 nitrogen and oxygen atoms in total. The van der Waals surface area contributed by atoms with Gasteiger partial charge in [0.15, 0.2) is 11.2 Å². The van der Waals surface area contributed by atoms with Gasteiger partial charge in [-0.05, 0) is 17.9 Å². The first-order valence-corrected chi connectivity index (χ1v) is 10.5. The molecule has 0 aliphatic carbocycles. The van der Waals surface area contributed by atoms with Gasteiger partial charge in [-0.1, -0.05) is 13.0 Å². The number of imidazole rings is 1. The van der Waals surface area contributed by atoms with Gasteiger partial charge >= 0.3 is 5.69 Å². The molecule has 0 spiro atoms. The van der Waals surface area contributed by atoms with Crippen LogP contribution in [0.25, 0.3) is 21.9 Å². The molecule has 0 aliphatic heterocycles. The normalized spacial score (nSPS) is 11.3. The van der Waals surface area contributed by atoms with E-state index in [-0.39, 0.29) is 30.2 Å². The van der Waals surface area contributed by atoms with Crippen LogP contribution in [0.5, 0.6) is 0 Å². The highest BCUT2D eigenvalue weighted by atomic mass is 32.1. The summed E-state index contributed by atoms with van der Waals surface area (Å²) in [5.41, 5.74) is -0.532. The molecule has 0 aliphatic rings. The van der Waals surface area contributed by atoms with Crippen LogP contribution in [0.4, 0.5) is 0 Å². The van der Waals surface area contributed by atoms with Crippen molar-refractivity contribution in [3.8, 4) is 10.8 Å². The number of carbonyl (C=O) groups excluding carboxylic acids is 1. The van der Waals surface area contributed by atoms with E-state index in [2.05, 4.69) is 15.2 Å². The molecule has 1 amide bonds. The van der Waals surface area contributed by atoms with E-state index in [9.17, 15) is 14.4 Å². The Kier molecular flexibility index (Phi) is 5.55. The average Bonchev–Trinajstić information content (AvgIpc) is 3.50. The largest absolute Gasteiger partial charge is 0.418 e. The molecule has 0 unspecified atom stereocenters. The van der Waals surface area contributed by atoms with Gasteiger partial charge in [0, 0.05) is 20.6 Å². The molecule has 0 aromatic carbocycles. The Morgan fingerprint density at radius 1 is 1.23 bits per heavy atom. The third-order valence-corrected chi connectivity index (χ3v) is 5.75. The lowest BCUT2D eigenvalue weighted by Gasteiger charge is -2.20. The zero-order valence-electron chi connectivity index (χ0n) is 17.3. The number of nitrogens with zero attached hydrogens (tertiary/aromatic N) is 7. The van der Waals surface area contributed by atoms with Crippen LogP contribution in [0.2, 0.25) is 0 Å². The molecule has 0 saturated carbocycles. The van der Waals surface area contributed by atoms with Crippen LogP contribution in [-0.2, 0) is 32.0 Å². The summed E-state index contributed by atoms with van der Waals surface area (Å²) in [6, 6.07) is 3.78. The number of rotatable bonds is 7. The van der Waals surface area contributed by atoms with Crippen molar-refractivity contribution in [1.82, 2.24) is 33.8 Å². The number of amides is 1. The van der Waals surface area contributed by atoms with Crippen molar-refractivity contribution in [2.45, 2.75) is 26.4 Å². The third kappa shape index (κ3) is 3.81. The summed E-state index contributed by atoms with van der Waals surface area (Å²) in [5, 5.41) is 10.0. The van der Waals surface area contributed by atoms with Gasteiger partial charge in [-0.15, -0.1) is 21.5 Å². The second-order valence-electron chi connectivity index (χ2n) is 7.04. The number of carbonyl (C=O) groups is 1. The Labute approximate surface area is 180 Å². The van der Waals surface area contributed by atoms with Gasteiger partial charge < -0.3 is 13.9 Å². The quantitative estimate of drug-likeness (QED) is 0.417. The number of fused-ring (bicyclic) bond motifs is 1. The Morgan fingerprint density at radius 3 is 2.74 bits per heavy atom. The summed E-state index contributed by atoms with van der Waals surface area (Å²) in [4.78, 5) is 44.4. The van der Waals surface area contributed by atoms with E-state index < -0.39 is 11.2 Å². The van der Waals surface area contributed by atoms with Crippen molar-refractivity contribution in [1.29, 1.82) is 0 Å². The van der Waals surface area contributed by atoms with Crippen LogP contribution < -0.4 is 11.2 Å². The topological polar surface area (TPSA) is 121 Å². The first kappa shape index (κ1) is 20.7. The first-order valence-electron chi connectivity index (χ1n) is 9.65. The average molecular weight is 443 g/mol. The van der Waals surface area contributed by atoms with Crippen molar-refractivity contribution in [2.24, 2.45) is 14.1 Å². The predicted molar refractivity (Wildman–Crippen MR) is 114 cm³/mol. The Hall–Kier alpha value is -3.54. The van der Waals surface area contributed by atoms with Crippen molar-refractivity contribution >= 4 is 28.4 Å². The SMILES string of the molecule is CCCN(Cc1nnc(-c2cccs2)o1)C(=O)Cn1cnc2c1c(=O)n(C)c(=O)n2C. The van der Waals surface area contributed by atoms with Gasteiger partial charge in [-0.2, -0.15) is 0 Å². The molecule has 4 rings (SSSR count). The van der Waals surface area contributed by atoms with Crippen LogP contribution >= 0.6 is 11.3 Å². The maximum atomic E-state index is 13.0. The second-order valence-corrected chi connectivity index (χ2v) is 7.99. The van der Waals surface area contributed by atoms with E-state index >= 15 is 0 Å². The minimum absolute atomic E-state index is 0.101. The highest BCUT2D eigenvalue weighted by molar-refractivity contribution is 7.13. The van der Waals surface area contributed by atoms with Crippen molar-refractivity contribution in [3.63, 3.8) is 0 Å². The zero-order valence-corrected chi connectivity index (χ0v) is 18.1. The predicted octanol–water partition coefficient (Wildman–Crippen LogP) is 0.984. The van der Waals surface area contributed by atoms with Gasteiger partial charge in [-0.25, -0.2) is 9.78 Å². The van der Waals surface area contributed by atoms with Gasteiger partial charge in [0.1, 0.15) is 6.54 Å².